The van der Waals surface area contributed by atoms with Crippen molar-refractivity contribution in [3.63, 3.8) is 0 Å². The van der Waals surface area contributed by atoms with Gasteiger partial charge in [-0.3, -0.25) is 0 Å². The first-order chi connectivity index (χ1) is 9.96. The summed E-state index contributed by atoms with van der Waals surface area (Å²) >= 11 is 0. The highest BCUT2D eigenvalue weighted by Gasteiger charge is 2.17. The van der Waals surface area contributed by atoms with Crippen molar-refractivity contribution in [2.24, 2.45) is 7.05 Å². The maximum Gasteiger partial charge on any atom is 0.242 e. The van der Waals surface area contributed by atoms with Crippen molar-refractivity contribution in [1.82, 2.24) is 14.3 Å². The lowest BCUT2D eigenvalue weighted by Gasteiger charge is -2.06. The second-order valence-corrected chi connectivity index (χ2v) is 6.23. The first-order valence-corrected chi connectivity index (χ1v) is 7.69. The molecule has 21 heavy (non-hydrogen) atoms. The predicted octanol–water partition coefficient (Wildman–Crippen LogP) is 0.399. The molecule has 2 heterocycles. The molecular formula is C13H17N3O4S. The molecule has 2 aromatic rings. The monoisotopic (exact) mass is 311 g/mol. The molecule has 0 atom stereocenters. The van der Waals surface area contributed by atoms with E-state index in [1.54, 1.807) is 29.9 Å². The third-order valence-electron chi connectivity index (χ3n) is 3.03. The molecular weight excluding hydrogens is 294 g/mol. The Morgan fingerprint density at radius 2 is 2.19 bits per heavy atom. The molecule has 0 saturated heterocycles. The third kappa shape index (κ3) is 3.60. The van der Waals surface area contributed by atoms with Crippen molar-refractivity contribution in [3.05, 3.63) is 41.9 Å². The van der Waals surface area contributed by atoms with Gasteiger partial charge in [-0.2, -0.15) is 0 Å². The smallest absolute Gasteiger partial charge is 0.242 e. The van der Waals surface area contributed by atoms with Gasteiger partial charge in [-0.15, -0.1) is 0 Å². The van der Waals surface area contributed by atoms with Crippen LogP contribution in [-0.2, 0) is 30.2 Å². The minimum Gasteiger partial charge on any atom is -0.481 e. The standard InChI is InChI=1S/C13H17N3O4S/c1-16-8-12(6-11(16)9-17)21(18,19)15-7-10-3-4-14-13(5-10)20-2/h3-6,8,15,17H,7,9H2,1-2H3. The number of aliphatic hydroxyl groups excluding tert-OH is 1. The first-order valence-electron chi connectivity index (χ1n) is 6.21. The van der Waals surface area contributed by atoms with Gasteiger partial charge in [0.05, 0.1) is 18.6 Å². The molecule has 0 unspecified atom stereocenters. The van der Waals surface area contributed by atoms with Crippen LogP contribution in [0.15, 0.2) is 35.5 Å². The van der Waals surface area contributed by atoms with E-state index in [0.29, 0.717) is 11.6 Å². The Balaban J connectivity index is 2.13. The predicted molar refractivity (Wildman–Crippen MR) is 76.2 cm³/mol. The van der Waals surface area contributed by atoms with Crippen LogP contribution in [0.2, 0.25) is 0 Å². The average molecular weight is 311 g/mol. The molecule has 0 aliphatic heterocycles. The van der Waals surface area contributed by atoms with Gasteiger partial charge in [0, 0.05) is 37.7 Å². The van der Waals surface area contributed by atoms with Gasteiger partial charge in [-0.05, 0) is 17.7 Å². The molecule has 0 fully saturated rings. The Hall–Kier alpha value is -1.90. The molecule has 0 saturated carbocycles. The molecule has 8 heteroatoms. The van der Waals surface area contributed by atoms with Crippen LogP contribution in [0.5, 0.6) is 5.88 Å². The number of aliphatic hydroxyl groups is 1. The highest BCUT2D eigenvalue weighted by atomic mass is 32.2. The van der Waals surface area contributed by atoms with E-state index in [2.05, 4.69) is 9.71 Å². The van der Waals surface area contributed by atoms with Gasteiger partial charge in [0.1, 0.15) is 0 Å². The SMILES string of the molecule is COc1cc(CNS(=O)(=O)c2cc(CO)n(C)c2)ccn1. The minimum atomic E-state index is -3.63. The maximum absolute atomic E-state index is 12.2. The molecule has 2 aromatic heterocycles. The number of sulfonamides is 1. The van der Waals surface area contributed by atoms with E-state index in [1.165, 1.54) is 19.4 Å². The average Bonchev–Trinajstić information content (AvgIpc) is 2.87. The van der Waals surface area contributed by atoms with Crippen molar-refractivity contribution in [2.45, 2.75) is 18.0 Å². The molecule has 2 rings (SSSR count). The number of methoxy groups -OCH3 is 1. The number of rotatable bonds is 6. The summed E-state index contributed by atoms with van der Waals surface area (Å²) < 4.78 is 33.4. The van der Waals surface area contributed by atoms with Crippen LogP contribution in [0, 0.1) is 0 Å². The maximum atomic E-state index is 12.2. The third-order valence-corrected chi connectivity index (χ3v) is 4.40. The summed E-state index contributed by atoms with van der Waals surface area (Å²) in [5.41, 5.74) is 1.27. The molecule has 2 N–H and O–H groups in total. The molecule has 0 amide bonds. The molecule has 0 aromatic carbocycles. The number of aryl methyl sites for hydroxylation is 1. The summed E-state index contributed by atoms with van der Waals surface area (Å²) in [6, 6.07) is 4.80. The van der Waals surface area contributed by atoms with Crippen LogP contribution in [0.3, 0.4) is 0 Å². The van der Waals surface area contributed by atoms with Gasteiger partial charge in [0.25, 0.3) is 0 Å². The van der Waals surface area contributed by atoms with Crippen LogP contribution < -0.4 is 9.46 Å². The van der Waals surface area contributed by atoms with E-state index in [9.17, 15) is 8.42 Å². The lowest BCUT2D eigenvalue weighted by Crippen LogP contribution is -2.22. The van der Waals surface area contributed by atoms with Gasteiger partial charge in [0.15, 0.2) is 0 Å². The van der Waals surface area contributed by atoms with Crippen molar-refractivity contribution in [2.75, 3.05) is 7.11 Å². The van der Waals surface area contributed by atoms with Crippen LogP contribution >= 0.6 is 0 Å². The number of pyridine rings is 1. The largest absolute Gasteiger partial charge is 0.481 e. The number of nitrogens with one attached hydrogen (secondary N) is 1. The minimum absolute atomic E-state index is 0.120. The Morgan fingerprint density at radius 1 is 1.43 bits per heavy atom. The number of ether oxygens (including phenoxy) is 1. The molecule has 0 radical (unpaired) electrons. The lowest BCUT2D eigenvalue weighted by atomic mass is 10.3. The summed E-state index contributed by atoms with van der Waals surface area (Å²) in [5.74, 6) is 0.425. The van der Waals surface area contributed by atoms with Gasteiger partial charge in [-0.1, -0.05) is 0 Å². The van der Waals surface area contributed by atoms with Crippen LogP contribution in [-0.4, -0.2) is 30.2 Å². The zero-order chi connectivity index (χ0) is 15.5. The zero-order valence-electron chi connectivity index (χ0n) is 11.8. The molecule has 0 bridgehead atoms. The summed E-state index contributed by atoms with van der Waals surface area (Å²) in [4.78, 5) is 4.08. The van der Waals surface area contributed by atoms with Crippen molar-refractivity contribution in [3.8, 4) is 5.88 Å². The van der Waals surface area contributed by atoms with Gasteiger partial charge >= 0.3 is 0 Å². The quantitative estimate of drug-likeness (QED) is 0.805. The summed E-state index contributed by atoms with van der Waals surface area (Å²) in [6.07, 6.45) is 3.01. The first kappa shape index (κ1) is 15.5. The topological polar surface area (TPSA) is 93.5 Å². The van der Waals surface area contributed by atoms with Gasteiger partial charge in [-0.25, -0.2) is 18.1 Å². The number of hydrogen-bond donors (Lipinski definition) is 2. The number of nitrogens with zero attached hydrogens (tertiary/aromatic N) is 2. The van der Waals surface area contributed by atoms with E-state index in [1.807, 2.05) is 0 Å². The highest BCUT2D eigenvalue weighted by Crippen LogP contribution is 2.14. The number of hydrogen-bond acceptors (Lipinski definition) is 5. The second-order valence-electron chi connectivity index (χ2n) is 4.47. The highest BCUT2D eigenvalue weighted by molar-refractivity contribution is 7.89. The van der Waals surface area contributed by atoms with E-state index in [-0.39, 0.29) is 18.0 Å². The molecule has 114 valence electrons. The number of aromatic nitrogens is 2. The Kier molecular flexibility index (Phi) is 4.61. The van der Waals surface area contributed by atoms with Crippen molar-refractivity contribution < 1.29 is 18.3 Å². The lowest BCUT2D eigenvalue weighted by molar-refractivity contribution is 0.272. The summed E-state index contributed by atoms with van der Waals surface area (Å²) in [6.45, 7) is -0.0852. The van der Waals surface area contributed by atoms with E-state index in [0.717, 1.165) is 5.56 Å². The zero-order valence-corrected chi connectivity index (χ0v) is 12.6. The Bertz CT molecular complexity index is 725. The summed E-state index contributed by atoms with van der Waals surface area (Å²) in [7, 11) is -0.457. The molecule has 0 aliphatic carbocycles. The fraction of sp³-hybridized carbons (Fsp3) is 0.308. The van der Waals surface area contributed by atoms with E-state index >= 15 is 0 Å². The van der Waals surface area contributed by atoms with Crippen LogP contribution in [0.4, 0.5) is 0 Å². The fourth-order valence-electron chi connectivity index (χ4n) is 1.81. The molecule has 7 nitrogen and oxygen atoms in total. The van der Waals surface area contributed by atoms with Gasteiger partial charge < -0.3 is 14.4 Å². The van der Waals surface area contributed by atoms with Crippen LogP contribution in [0.25, 0.3) is 0 Å². The molecule has 0 spiro atoms. The second kappa shape index (κ2) is 6.25. The fourth-order valence-corrected chi connectivity index (χ4v) is 2.93. The Labute approximate surface area is 123 Å². The van der Waals surface area contributed by atoms with Crippen molar-refractivity contribution >= 4 is 10.0 Å². The van der Waals surface area contributed by atoms with E-state index < -0.39 is 10.0 Å². The van der Waals surface area contributed by atoms with Crippen LogP contribution in [0.1, 0.15) is 11.3 Å². The Morgan fingerprint density at radius 3 is 2.81 bits per heavy atom. The van der Waals surface area contributed by atoms with Gasteiger partial charge in [0.2, 0.25) is 15.9 Å². The summed E-state index contributed by atoms with van der Waals surface area (Å²) in [5, 5.41) is 9.11. The van der Waals surface area contributed by atoms with Crippen molar-refractivity contribution in [1.29, 1.82) is 0 Å². The molecule has 0 aliphatic rings. The van der Waals surface area contributed by atoms with E-state index in [4.69, 9.17) is 9.84 Å². The normalized spacial score (nSPS) is 11.6.